The second-order valence-electron chi connectivity index (χ2n) is 7.24. The van der Waals surface area contributed by atoms with Gasteiger partial charge in [0.25, 0.3) is 0 Å². The first-order valence-corrected chi connectivity index (χ1v) is 11.2. The van der Waals surface area contributed by atoms with Gasteiger partial charge in [0.2, 0.25) is 0 Å². The number of anilines is 2. The van der Waals surface area contributed by atoms with Crippen LogP contribution in [0.25, 0.3) is 4.85 Å². The molecule has 0 unspecified atom stereocenters. The lowest BCUT2D eigenvalue weighted by atomic mass is 10.1. The Morgan fingerprint density at radius 3 is 1.68 bits per heavy atom. The van der Waals surface area contributed by atoms with Crippen LogP contribution in [0.3, 0.4) is 0 Å². The van der Waals surface area contributed by atoms with Gasteiger partial charge in [-0.05, 0) is 52.0 Å². The van der Waals surface area contributed by atoms with Crippen LogP contribution in [0.4, 0.5) is 11.4 Å². The van der Waals surface area contributed by atoms with Crippen LogP contribution in [-0.2, 0) is 0 Å². The Labute approximate surface area is 201 Å². The van der Waals surface area contributed by atoms with Crippen molar-refractivity contribution >= 4 is 23.8 Å². The van der Waals surface area contributed by atoms with E-state index < -0.39 is 0 Å². The molecule has 34 heavy (non-hydrogen) atoms. The van der Waals surface area contributed by atoms with E-state index in [1.807, 2.05) is 45.9 Å². The second kappa shape index (κ2) is 12.7. The fraction of sp³-hybridized carbons (Fsp3) is 0.308. The molecule has 0 aromatic heterocycles. The average Bonchev–Trinajstić information content (AvgIpc) is 2.84. The molecule has 2 aromatic carbocycles. The number of phenols is 2. The molecule has 0 spiro atoms. The minimum absolute atomic E-state index is 0.0246. The largest absolute Gasteiger partial charge is 0.507 e. The van der Waals surface area contributed by atoms with Gasteiger partial charge in [-0.3, -0.25) is 4.99 Å². The molecule has 176 valence electrons. The van der Waals surface area contributed by atoms with Gasteiger partial charge in [-0.2, -0.15) is 5.26 Å². The van der Waals surface area contributed by atoms with Gasteiger partial charge in [-0.15, -0.1) is 4.99 Å². The number of phenolic OH excluding ortho intramolecular Hbond substituents is 2. The number of nitriles is 1. The zero-order chi connectivity index (χ0) is 25.1. The summed E-state index contributed by atoms with van der Waals surface area (Å²) in [6, 6.07) is 12.3. The molecule has 0 aliphatic rings. The maximum atomic E-state index is 10.4. The van der Waals surface area contributed by atoms with Gasteiger partial charge in [0.1, 0.15) is 23.8 Å². The molecule has 2 N–H and O–H groups in total. The molecule has 0 saturated carbocycles. The summed E-state index contributed by atoms with van der Waals surface area (Å²) >= 11 is 0. The van der Waals surface area contributed by atoms with Gasteiger partial charge in [0.05, 0.1) is 5.56 Å². The van der Waals surface area contributed by atoms with Crippen molar-refractivity contribution in [3.8, 4) is 17.6 Å². The molecular weight excluding hydrogens is 428 g/mol. The normalized spacial score (nSPS) is 11.8. The minimum atomic E-state index is -0.217. The van der Waals surface area contributed by atoms with Crippen molar-refractivity contribution in [3.63, 3.8) is 0 Å². The number of rotatable bonds is 10. The monoisotopic (exact) mass is 458 g/mol. The van der Waals surface area contributed by atoms with Crippen LogP contribution in [0, 0.1) is 17.9 Å². The van der Waals surface area contributed by atoms with E-state index >= 15 is 0 Å². The lowest BCUT2D eigenvalue weighted by Gasteiger charge is -2.21. The lowest BCUT2D eigenvalue weighted by Crippen LogP contribution is -2.21. The zero-order valence-corrected chi connectivity index (χ0v) is 20.0. The van der Waals surface area contributed by atoms with Crippen LogP contribution in [0.15, 0.2) is 57.9 Å². The summed E-state index contributed by atoms with van der Waals surface area (Å²) in [5.74, 6) is -0.167. The van der Waals surface area contributed by atoms with E-state index in [4.69, 9.17) is 6.57 Å². The first-order chi connectivity index (χ1) is 16.4. The van der Waals surface area contributed by atoms with E-state index in [0.29, 0.717) is 11.1 Å². The first-order valence-electron chi connectivity index (χ1n) is 11.2. The summed E-state index contributed by atoms with van der Waals surface area (Å²) in [7, 11) is 0. The smallest absolute Gasteiger partial charge is 0.306 e. The van der Waals surface area contributed by atoms with Gasteiger partial charge in [-0.25, -0.2) is 0 Å². The summed E-state index contributed by atoms with van der Waals surface area (Å²) in [6.45, 7) is 18.8. The maximum absolute atomic E-state index is 10.4. The van der Waals surface area contributed by atoms with Crippen LogP contribution in [0.5, 0.6) is 11.5 Å². The first kappa shape index (κ1) is 26.0. The van der Waals surface area contributed by atoms with Crippen molar-refractivity contribution in [2.45, 2.75) is 27.7 Å². The van der Waals surface area contributed by atoms with Crippen molar-refractivity contribution in [2.75, 3.05) is 36.0 Å². The Morgan fingerprint density at radius 2 is 1.32 bits per heavy atom. The molecule has 0 atom stereocenters. The molecule has 0 amide bonds. The summed E-state index contributed by atoms with van der Waals surface area (Å²) < 4.78 is 0. The van der Waals surface area contributed by atoms with Gasteiger partial charge in [0, 0.05) is 61.5 Å². The molecule has 0 aliphatic carbocycles. The van der Waals surface area contributed by atoms with Crippen LogP contribution >= 0.6 is 0 Å². The Bertz CT molecular complexity index is 1070. The van der Waals surface area contributed by atoms with Gasteiger partial charge in [-0.1, -0.05) is 6.57 Å². The quantitative estimate of drug-likeness (QED) is 0.298. The summed E-state index contributed by atoms with van der Waals surface area (Å²) in [5, 5.41) is 30.2. The van der Waals surface area contributed by atoms with Crippen LogP contribution in [-0.4, -0.2) is 48.8 Å². The van der Waals surface area contributed by atoms with Crippen molar-refractivity contribution in [3.05, 3.63) is 70.5 Å². The molecule has 0 heterocycles. The molecule has 2 rings (SSSR count). The third-order valence-electron chi connectivity index (χ3n) is 5.37. The summed E-state index contributed by atoms with van der Waals surface area (Å²) in [5.41, 5.74) is 2.41. The standard InChI is InChI=1S/C26H30N6O2/c1-6-31(7-2)21-12-10-19(24(33)14-21)17-29-23(16-27)26(28-5)30-18-20-11-13-22(15-25(20)34)32(8-3)9-4/h10-15,17-18,33-34H,6-9H2,1-4H3. The van der Waals surface area contributed by atoms with E-state index in [0.717, 1.165) is 37.6 Å². The average molecular weight is 459 g/mol. The second-order valence-corrected chi connectivity index (χ2v) is 7.24. The molecule has 8 nitrogen and oxygen atoms in total. The number of hydrogen-bond donors (Lipinski definition) is 2. The third kappa shape index (κ3) is 6.36. The predicted molar refractivity (Wildman–Crippen MR) is 138 cm³/mol. The number of aliphatic imine (C=N–C) groups is 2. The predicted octanol–water partition coefficient (Wildman–Crippen LogP) is 4.94. The topological polar surface area (TPSA) is 99.8 Å². The van der Waals surface area contributed by atoms with Crippen LogP contribution in [0.1, 0.15) is 38.8 Å². The molecule has 0 radical (unpaired) electrons. The molecule has 8 heteroatoms. The lowest BCUT2D eigenvalue weighted by molar-refractivity contribution is 0.474. The summed E-state index contributed by atoms with van der Waals surface area (Å²) in [4.78, 5) is 15.6. The fourth-order valence-electron chi connectivity index (χ4n) is 3.40. The van der Waals surface area contributed by atoms with Crippen molar-refractivity contribution in [2.24, 2.45) is 9.98 Å². The highest BCUT2D eigenvalue weighted by atomic mass is 16.3. The van der Waals surface area contributed by atoms with Crippen LogP contribution in [0.2, 0.25) is 0 Å². The zero-order valence-electron chi connectivity index (χ0n) is 20.0. The van der Waals surface area contributed by atoms with E-state index in [9.17, 15) is 15.5 Å². The van der Waals surface area contributed by atoms with Gasteiger partial charge < -0.3 is 24.9 Å². The Morgan fingerprint density at radius 1 is 0.882 bits per heavy atom. The number of allylic oxidation sites excluding steroid dienone is 1. The number of hydrogen-bond acceptors (Lipinski definition) is 7. The van der Waals surface area contributed by atoms with Crippen molar-refractivity contribution in [1.29, 1.82) is 5.26 Å². The van der Waals surface area contributed by atoms with E-state index in [1.165, 1.54) is 12.4 Å². The van der Waals surface area contributed by atoms with Gasteiger partial charge in [0.15, 0.2) is 5.70 Å². The molecular formula is C26H30N6O2. The number of aromatic hydroxyl groups is 2. The Kier molecular flexibility index (Phi) is 9.67. The number of benzene rings is 2. The Balaban J connectivity index is 2.31. The van der Waals surface area contributed by atoms with Crippen molar-refractivity contribution in [1.82, 2.24) is 0 Å². The van der Waals surface area contributed by atoms with E-state index in [2.05, 4.69) is 24.6 Å². The Hall–Kier alpha value is -4.30. The summed E-state index contributed by atoms with van der Waals surface area (Å²) in [6.07, 6.45) is 2.66. The van der Waals surface area contributed by atoms with E-state index in [1.54, 1.807) is 24.3 Å². The highest BCUT2D eigenvalue weighted by molar-refractivity contribution is 5.87. The molecule has 0 bridgehead atoms. The van der Waals surface area contributed by atoms with Crippen LogP contribution < -0.4 is 9.80 Å². The maximum Gasteiger partial charge on any atom is 0.306 e. The van der Waals surface area contributed by atoms with E-state index in [-0.39, 0.29) is 23.0 Å². The number of nitrogens with zero attached hydrogens (tertiary/aromatic N) is 6. The van der Waals surface area contributed by atoms with Crippen molar-refractivity contribution < 1.29 is 10.2 Å². The molecule has 2 aromatic rings. The molecule has 0 saturated heterocycles. The minimum Gasteiger partial charge on any atom is -0.507 e. The third-order valence-corrected chi connectivity index (χ3v) is 5.37. The highest BCUT2D eigenvalue weighted by Crippen LogP contribution is 2.25. The highest BCUT2D eigenvalue weighted by Gasteiger charge is 2.10. The van der Waals surface area contributed by atoms with Gasteiger partial charge >= 0.3 is 5.82 Å². The molecule has 0 fully saturated rings. The molecule has 0 aliphatic heterocycles. The SMILES string of the molecule is [C-]#[N+]C(N=Cc1ccc(N(CC)CC)cc1O)=C(C#N)N=Cc1ccc(N(CC)CC)cc1O. The fourth-order valence-corrected chi connectivity index (χ4v) is 3.40.